The van der Waals surface area contributed by atoms with Gasteiger partial charge in [0.25, 0.3) is 0 Å². The van der Waals surface area contributed by atoms with Gasteiger partial charge in [-0.25, -0.2) is 4.39 Å². The SMILES string of the molecule is CC1CCc2c(n(CCF)c3ccccc23)C1. The second-order valence-electron chi connectivity index (χ2n) is 5.13. The van der Waals surface area contributed by atoms with Crippen LogP contribution in [0.1, 0.15) is 24.6 Å². The second kappa shape index (κ2) is 4.17. The number of alkyl halides is 1. The molecule has 1 nitrogen and oxygen atoms in total. The molecule has 1 atom stereocenters. The monoisotopic (exact) mass is 231 g/mol. The molecule has 1 aromatic carbocycles. The molecule has 1 aliphatic rings. The van der Waals surface area contributed by atoms with Gasteiger partial charge in [-0.05, 0) is 36.8 Å². The van der Waals surface area contributed by atoms with Crippen LogP contribution in [-0.2, 0) is 19.4 Å². The predicted molar refractivity (Wildman–Crippen MR) is 69.1 cm³/mol. The summed E-state index contributed by atoms with van der Waals surface area (Å²) < 4.78 is 14.9. The third-order valence-electron chi connectivity index (χ3n) is 3.93. The lowest BCUT2D eigenvalue weighted by atomic mass is 9.88. The lowest BCUT2D eigenvalue weighted by Gasteiger charge is -2.20. The summed E-state index contributed by atoms with van der Waals surface area (Å²) in [6.07, 6.45) is 3.51. The van der Waals surface area contributed by atoms with Gasteiger partial charge in [0.05, 0.1) is 6.54 Å². The number of fused-ring (bicyclic) bond motifs is 3. The molecule has 0 N–H and O–H groups in total. The van der Waals surface area contributed by atoms with E-state index in [1.807, 2.05) is 6.07 Å². The topological polar surface area (TPSA) is 4.93 Å². The smallest absolute Gasteiger partial charge is 0.107 e. The Hall–Kier alpha value is -1.31. The highest BCUT2D eigenvalue weighted by molar-refractivity contribution is 5.85. The Labute approximate surface area is 101 Å². The molecule has 1 aromatic heterocycles. The van der Waals surface area contributed by atoms with E-state index in [9.17, 15) is 4.39 Å². The zero-order chi connectivity index (χ0) is 11.8. The Morgan fingerprint density at radius 3 is 3.00 bits per heavy atom. The molecule has 0 bridgehead atoms. The molecule has 0 spiro atoms. The van der Waals surface area contributed by atoms with Crippen LogP contribution >= 0.6 is 0 Å². The molecule has 0 saturated carbocycles. The van der Waals surface area contributed by atoms with Crippen LogP contribution in [0.5, 0.6) is 0 Å². The van der Waals surface area contributed by atoms with E-state index >= 15 is 0 Å². The van der Waals surface area contributed by atoms with Gasteiger partial charge in [-0.1, -0.05) is 25.1 Å². The summed E-state index contributed by atoms with van der Waals surface area (Å²) in [5.41, 5.74) is 4.05. The Kier molecular flexibility index (Phi) is 2.65. The van der Waals surface area contributed by atoms with E-state index in [-0.39, 0.29) is 6.67 Å². The zero-order valence-electron chi connectivity index (χ0n) is 10.2. The van der Waals surface area contributed by atoms with Crippen LogP contribution in [0.25, 0.3) is 10.9 Å². The van der Waals surface area contributed by atoms with Crippen LogP contribution in [0.4, 0.5) is 4.39 Å². The van der Waals surface area contributed by atoms with Crippen molar-refractivity contribution in [1.82, 2.24) is 4.57 Å². The maximum atomic E-state index is 12.7. The van der Waals surface area contributed by atoms with Gasteiger partial charge in [-0.2, -0.15) is 0 Å². The Balaban J connectivity index is 2.24. The first-order chi connectivity index (χ1) is 8.31. The summed E-state index contributed by atoms with van der Waals surface area (Å²) in [6.45, 7) is 2.52. The molecule has 0 radical (unpaired) electrons. The second-order valence-corrected chi connectivity index (χ2v) is 5.13. The van der Waals surface area contributed by atoms with E-state index in [1.54, 1.807) is 0 Å². The normalized spacial score (nSPS) is 19.5. The summed E-state index contributed by atoms with van der Waals surface area (Å²) >= 11 is 0. The number of aryl methyl sites for hydroxylation is 2. The highest BCUT2D eigenvalue weighted by atomic mass is 19.1. The number of aromatic nitrogens is 1. The fourth-order valence-corrected chi connectivity index (χ4v) is 3.10. The van der Waals surface area contributed by atoms with Crippen LogP contribution in [0.15, 0.2) is 24.3 Å². The first-order valence-corrected chi connectivity index (χ1v) is 6.46. The van der Waals surface area contributed by atoms with Crippen molar-refractivity contribution >= 4 is 10.9 Å². The van der Waals surface area contributed by atoms with Crippen molar-refractivity contribution in [3.63, 3.8) is 0 Å². The summed E-state index contributed by atoms with van der Waals surface area (Å²) in [4.78, 5) is 0. The average molecular weight is 231 g/mol. The minimum Gasteiger partial charge on any atom is -0.342 e. The molecule has 0 amide bonds. The van der Waals surface area contributed by atoms with Crippen molar-refractivity contribution in [3.05, 3.63) is 35.5 Å². The minimum absolute atomic E-state index is 0.278. The van der Waals surface area contributed by atoms with Gasteiger partial charge in [-0.15, -0.1) is 0 Å². The fraction of sp³-hybridized carbons (Fsp3) is 0.467. The molecule has 2 heteroatoms. The molecule has 90 valence electrons. The molecule has 17 heavy (non-hydrogen) atoms. The van der Waals surface area contributed by atoms with Crippen LogP contribution in [0.2, 0.25) is 0 Å². The number of hydrogen-bond donors (Lipinski definition) is 0. The standard InChI is InChI=1S/C15H18FN/c1-11-6-7-13-12-4-2-3-5-14(12)17(9-8-16)15(13)10-11/h2-5,11H,6-10H2,1H3. The Morgan fingerprint density at radius 2 is 2.18 bits per heavy atom. The van der Waals surface area contributed by atoms with Crippen molar-refractivity contribution in [2.45, 2.75) is 32.7 Å². The van der Waals surface area contributed by atoms with E-state index in [0.29, 0.717) is 6.54 Å². The zero-order valence-corrected chi connectivity index (χ0v) is 10.2. The van der Waals surface area contributed by atoms with E-state index in [1.165, 1.54) is 28.6 Å². The van der Waals surface area contributed by atoms with Crippen LogP contribution in [0, 0.1) is 5.92 Å². The maximum Gasteiger partial charge on any atom is 0.107 e. The molecule has 0 saturated heterocycles. The third kappa shape index (κ3) is 1.67. The van der Waals surface area contributed by atoms with Crippen LogP contribution in [0.3, 0.4) is 0 Å². The molecule has 1 aliphatic carbocycles. The summed E-state index contributed by atoms with van der Waals surface area (Å²) in [6, 6.07) is 8.43. The molecule has 1 unspecified atom stereocenters. The van der Waals surface area contributed by atoms with Gasteiger partial charge < -0.3 is 4.57 Å². The molecular formula is C15H18FN. The van der Waals surface area contributed by atoms with Crippen molar-refractivity contribution in [3.8, 4) is 0 Å². The number of halogens is 1. The van der Waals surface area contributed by atoms with Crippen molar-refractivity contribution in [1.29, 1.82) is 0 Å². The summed E-state index contributed by atoms with van der Waals surface area (Å²) in [5.74, 6) is 0.727. The number of para-hydroxylation sites is 1. The van der Waals surface area contributed by atoms with E-state index in [2.05, 4.69) is 29.7 Å². The maximum absolute atomic E-state index is 12.7. The fourth-order valence-electron chi connectivity index (χ4n) is 3.10. The molecule has 2 aromatic rings. The Bertz CT molecular complexity index is 541. The molecule has 0 fully saturated rings. The summed E-state index contributed by atoms with van der Waals surface area (Å²) in [7, 11) is 0. The van der Waals surface area contributed by atoms with Crippen LogP contribution < -0.4 is 0 Å². The first kappa shape index (κ1) is 10.8. The third-order valence-corrected chi connectivity index (χ3v) is 3.93. The number of hydrogen-bond acceptors (Lipinski definition) is 0. The van der Waals surface area contributed by atoms with Crippen molar-refractivity contribution in [2.75, 3.05) is 6.67 Å². The molecule has 1 heterocycles. The molecule has 3 rings (SSSR count). The Morgan fingerprint density at radius 1 is 1.35 bits per heavy atom. The van der Waals surface area contributed by atoms with Gasteiger partial charge in [0.2, 0.25) is 0 Å². The minimum atomic E-state index is -0.278. The first-order valence-electron chi connectivity index (χ1n) is 6.46. The van der Waals surface area contributed by atoms with Gasteiger partial charge in [0, 0.05) is 16.6 Å². The highest BCUT2D eigenvalue weighted by Gasteiger charge is 2.22. The predicted octanol–water partition coefficient (Wildman–Crippen LogP) is 3.74. The number of benzene rings is 1. The van der Waals surface area contributed by atoms with Crippen molar-refractivity contribution in [2.24, 2.45) is 5.92 Å². The van der Waals surface area contributed by atoms with Crippen LogP contribution in [-0.4, -0.2) is 11.2 Å². The lowest BCUT2D eigenvalue weighted by molar-refractivity contribution is 0.428. The number of rotatable bonds is 2. The highest BCUT2D eigenvalue weighted by Crippen LogP contribution is 2.33. The van der Waals surface area contributed by atoms with Gasteiger partial charge in [-0.3, -0.25) is 0 Å². The van der Waals surface area contributed by atoms with E-state index < -0.39 is 0 Å². The quantitative estimate of drug-likeness (QED) is 0.742. The summed E-state index contributed by atoms with van der Waals surface area (Å²) in [5, 5.41) is 1.34. The lowest BCUT2D eigenvalue weighted by Crippen LogP contribution is -2.15. The molecule has 0 aliphatic heterocycles. The van der Waals surface area contributed by atoms with E-state index in [4.69, 9.17) is 0 Å². The largest absolute Gasteiger partial charge is 0.342 e. The molecular weight excluding hydrogens is 213 g/mol. The van der Waals surface area contributed by atoms with Gasteiger partial charge >= 0.3 is 0 Å². The van der Waals surface area contributed by atoms with E-state index in [0.717, 1.165) is 18.8 Å². The van der Waals surface area contributed by atoms with Gasteiger partial charge in [0.15, 0.2) is 0 Å². The van der Waals surface area contributed by atoms with Gasteiger partial charge in [0.1, 0.15) is 6.67 Å². The van der Waals surface area contributed by atoms with Crippen molar-refractivity contribution < 1.29 is 4.39 Å². The number of nitrogens with zero attached hydrogens (tertiary/aromatic N) is 1. The average Bonchev–Trinajstić information content (AvgIpc) is 2.65.